The van der Waals surface area contributed by atoms with Gasteiger partial charge in [0.25, 0.3) is 0 Å². The first-order valence-electron chi connectivity index (χ1n) is 7.72. The average molecular weight is 328 g/mol. The summed E-state index contributed by atoms with van der Waals surface area (Å²) < 4.78 is 27.0. The minimum absolute atomic E-state index is 0.0929. The lowest BCUT2D eigenvalue weighted by Gasteiger charge is -2.21. The zero-order valence-corrected chi connectivity index (χ0v) is 14.4. The molecule has 1 aliphatic heterocycles. The number of carbonyl (C=O) groups excluding carboxylic acids is 1. The van der Waals surface area contributed by atoms with Crippen LogP contribution in [-0.4, -0.2) is 50.1 Å². The van der Waals surface area contributed by atoms with Crippen molar-refractivity contribution in [2.75, 3.05) is 13.9 Å². The maximum Gasteiger partial charge on any atom is 0.309 e. The zero-order valence-electron chi connectivity index (χ0n) is 14.4. The topological polar surface area (TPSA) is 63.2 Å². The van der Waals surface area contributed by atoms with Gasteiger partial charge in [0.1, 0.15) is 19.0 Å². The van der Waals surface area contributed by atoms with Crippen LogP contribution >= 0.6 is 0 Å². The molecule has 1 rings (SSSR count). The average Bonchev–Trinajstić information content (AvgIpc) is 2.76. The highest BCUT2D eigenvalue weighted by atomic mass is 16.8. The zero-order chi connectivity index (χ0) is 17.5. The van der Waals surface area contributed by atoms with Crippen molar-refractivity contribution in [1.29, 1.82) is 0 Å². The van der Waals surface area contributed by atoms with Crippen LogP contribution in [0.2, 0.25) is 0 Å². The molecular formula is C17H28O6. The highest BCUT2D eigenvalue weighted by molar-refractivity contribution is 5.70. The standard InChI is InChI=1S/C17H28O6/c1-7-13(20-11-19-6)10-16(18)21-12(3)9-15-14(8-2)22-17(4,5)23-15/h7-8,12-15H,1-2,9-11H2,3-6H3/t12-,13-,14+,15+/m1/s1. The lowest BCUT2D eigenvalue weighted by Crippen LogP contribution is -2.29. The SMILES string of the molecule is C=C[C@H](CC(=O)O[C@H](C)C[C@@H]1OC(C)(C)O[C@H]1C=C)OCOC. The van der Waals surface area contributed by atoms with E-state index in [0.717, 1.165) is 0 Å². The quantitative estimate of drug-likeness (QED) is 0.349. The summed E-state index contributed by atoms with van der Waals surface area (Å²) in [6.45, 7) is 13.0. The van der Waals surface area contributed by atoms with Gasteiger partial charge in [0, 0.05) is 13.5 Å². The third-order valence-corrected chi connectivity index (χ3v) is 3.38. The molecule has 1 aliphatic rings. The first kappa shape index (κ1) is 19.8. The van der Waals surface area contributed by atoms with Crippen LogP contribution < -0.4 is 0 Å². The van der Waals surface area contributed by atoms with E-state index in [4.69, 9.17) is 23.7 Å². The molecule has 1 saturated heterocycles. The van der Waals surface area contributed by atoms with Crippen molar-refractivity contribution < 1.29 is 28.5 Å². The normalized spacial score (nSPS) is 25.6. The first-order chi connectivity index (χ1) is 10.8. The Kier molecular flexibility index (Phi) is 7.91. The minimum atomic E-state index is -0.658. The summed E-state index contributed by atoms with van der Waals surface area (Å²) in [5.41, 5.74) is 0. The predicted octanol–water partition coefficient (Wildman–Crippen LogP) is 2.58. The van der Waals surface area contributed by atoms with Crippen LogP contribution in [0.15, 0.2) is 25.3 Å². The van der Waals surface area contributed by atoms with Crippen molar-refractivity contribution in [2.24, 2.45) is 0 Å². The fourth-order valence-electron chi connectivity index (χ4n) is 2.42. The van der Waals surface area contributed by atoms with Gasteiger partial charge in [-0.05, 0) is 20.8 Å². The highest BCUT2D eigenvalue weighted by Crippen LogP contribution is 2.31. The third kappa shape index (κ3) is 6.83. The van der Waals surface area contributed by atoms with Gasteiger partial charge in [-0.2, -0.15) is 0 Å². The maximum absolute atomic E-state index is 12.0. The van der Waals surface area contributed by atoms with Crippen LogP contribution in [0.5, 0.6) is 0 Å². The second-order valence-electron chi connectivity index (χ2n) is 5.96. The van der Waals surface area contributed by atoms with Crippen LogP contribution in [0, 0.1) is 0 Å². The molecule has 132 valence electrons. The number of hydrogen-bond donors (Lipinski definition) is 0. The fraction of sp³-hybridized carbons (Fsp3) is 0.706. The molecule has 6 heteroatoms. The van der Waals surface area contributed by atoms with Crippen LogP contribution in [0.25, 0.3) is 0 Å². The molecule has 0 amide bonds. The molecule has 0 unspecified atom stereocenters. The van der Waals surface area contributed by atoms with Gasteiger partial charge in [-0.3, -0.25) is 4.79 Å². The predicted molar refractivity (Wildman–Crippen MR) is 85.8 cm³/mol. The van der Waals surface area contributed by atoms with E-state index in [2.05, 4.69) is 13.2 Å². The van der Waals surface area contributed by atoms with Crippen LogP contribution in [-0.2, 0) is 28.5 Å². The second-order valence-corrected chi connectivity index (χ2v) is 5.96. The molecule has 0 aromatic heterocycles. The van der Waals surface area contributed by atoms with Gasteiger partial charge in [-0.25, -0.2) is 0 Å². The molecular weight excluding hydrogens is 300 g/mol. The summed E-state index contributed by atoms with van der Waals surface area (Å²) in [7, 11) is 1.52. The molecule has 0 bridgehead atoms. The van der Waals surface area contributed by atoms with Crippen molar-refractivity contribution in [3.05, 3.63) is 25.3 Å². The van der Waals surface area contributed by atoms with Crippen molar-refractivity contribution in [3.63, 3.8) is 0 Å². The van der Waals surface area contributed by atoms with Gasteiger partial charge < -0.3 is 23.7 Å². The molecule has 23 heavy (non-hydrogen) atoms. The van der Waals surface area contributed by atoms with E-state index in [-0.39, 0.29) is 37.5 Å². The molecule has 0 spiro atoms. The number of methoxy groups -OCH3 is 1. The Labute approximate surface area is 138 Å². The summed E-state index contributed by atoms with van der Waals surface area (Å²) in [5.74, 6) is -1.01. The van der Waals surface area contributed by atoms with Crippen LogP contribution in [0.1, 0.15) is 33.6 Å². The third-order valence-electron chi connectivity index (χ3n) is 3.38. The molecule has 0 N–H and O–H groups in total. The van der Waals surface area contributed by atoms with Gasteiger partial charge in [0.05, 0.1) is 18.6 Å². The number of ether oxygens (including phenoxy) is 5. The maximum atomic E-state index is 12.0. The van der Waals surface area contributed by atoms with E-state index in [1.807, 2.05) is 20.8 Å². The molecule has 0 aliphatic carbocycles. The van der Waals surface area contributed by atoms with E-state index in [9.17, 15) is 4.79 Å². The van der Waals surface area contributed by atoms with Gasteiger partial charge >= 0.3 is 5.97 Å². The molecule has 6 nitrogen and oxygen atoms in total. The van der Waals surface area contributed by atoms with E-state index in [0.29, 0.717) is 6.42 Å². The summed E-state index contributed by atoms with van der Waals surface area (Å²) in [4.78, 5) is 12.0. The Hall–Kier alpha value is -1.21. The Morgan fingerprint density at radius 2 is 2.04 bits per heavy atom. The highest BCUT2D eigenvalue weighted by Gasteiger charge is 2.40. The number of hydrogen-bond acceptors (Lipinski definition) is 6. The Morgan fingerprint density at radius 1 is 1.35 bits per heavy atom. The Balaban J connectivity index is 2.43. The van der Waals surface area contributed by atoms with Crippen molar-refractivity contribution in [2.45, 2.75) is 63.8 Å². The van der Waals surface area contributed by atoms with Crippen LogP contribution in [0.3, 0.4) is 0 Å². The molecule has 1 fully saturated rings. The summed E-state index contributed by atoms with van der Waals surface area (Å²) >= 11 is 0. The lowest BCUT2D eigenvalue weighted by molar-refractivity contribution is -0.157. The molecule has 1 heterocycles. The fourth-order valence-corrected chi connectivity index (χ4v) is 2.42. The molecule has 0 aromatic carbocycles. The van der Waals surface area contributed by atoms with Gasteiger partial charge in [0.2, 0.25) is 0 Å². The monoisotopic (exact) mass is 328 g/mol. The Morgan fingerprint density at radius 3 is 2.61 bits per heavy atom. The first-order valence-corrected chi connectivity index (χ1v) is 7.72. The number of rotatable bonds is 10. The summed E-state index contributed by atoms with van der Waals surface area (Å²) in [6.07, 6.45) is 2.75. The van der Waals surface area contributed by atoms with Gasteiger partial charge in [-0.15, -0.1) is 13.2 Å². The second kappa shape index (κ2) is 9.17. The minimum Gasteiger partial charge on any atom is -0.462 e. The van der Waals surface area contributed by atoms with E-state index in [1.54, 1.807) is 12.2 Å². The molecule has 0 saturated carbocycles. The lowest BCUT2D eigenvalue weighted by atomic mass is 10.1. The van der Waals surface area contributed by atoms with E-state index >= 15 is 0 Å². The van der Waals surface area contributed by atoms with Crippen LogP contribution in [0.4, 0.5) is 0 Å². The number of esters is 1. The Bertz CT molecular complexity index is 406. The molecule has 0 aromatic rings. The molecule has 0 radical (unpaired) electrons. The van der Waals surface area contributed by atoms with Crippen molar-refractivity contribution >= 4 is 5.97 Å². The van der Waals surface area contributed by atoms with Crippen molar-refractivity contribution in [3.8, 4) is 0 Å². The summed E-state index contributed by atoms with van der Waals surface area (Å²) in [6, 6.07) is 0. The van der Waals surface area contributed by atoms with Gasteiger partial charge in [0.15, 0.2) is 5.79 Å². The number of carbonyl (C=O) groups is 1. The largest absolute Gasteiger partial charge is 0.462 e. The summed E-state index contributed by atoms with van der Waals surface area (Å²) in [5, 5.41) is 0. The van der Waals surface area contributed by atoms with Crippen molar-refractivity contribution in [1.82, 2.24) is 0 Å². The molecule has 4 atom stereocenters. The van der Waals surface area contributed by atoms with E-state index < -0.39 is 11.9 Å². The smallest absolute Gasteiger partial charge is 0.309 e. The van der Waals surface area contributed by atoms with Gasteiger partial charge in [-0.1, -0.05) is 12.2 Å². The van der Waals surface area contributed by atoms with E-state index in [1.165, 1.54) is 7.11 Å².